The largest absolute Gasteiger partial charge is 0.477 e. The van der Waals surface area contributed by atoms with Crippen LogP contribution in [0.1, 0.15) is 16.6 Å². The Morgan fingerprint density at radius 1 is 1.32 bits per heavy atom. The van der Waals surface area contributed by atoms with Crippen LogP contribution in [-0.2, 0) is 4.79 Å². The Bertz CT molecular complexity index is 634. The maximum Gasteiger partial charge on any atom is 0.348 e. The van der Waals surface area contributed by atoms with Crippen LogP contribution >= 0.6 is 11.3 Å². The lowest BCUT2D eigenvalue weighted by molar-refractivity contribution is -0.114. The summed E-state index contributed by atoms with van der Waals surface area (Å²) in [7, 11) is 0. The zero-order chi connectivity index (χ0) is 14.0. The Labute approximate surface area is 112 Å². The van der Waals surface area contributed by atoms with E-state index >= 15 is 0 Å². The van der Waals surface area contributed by atoms with Crippen LogP contribution in [0.25, 0.3) is 11.3 Å². The van der Waals surface area contributed by atoms with Crippen molar-refractivity contribution in [1.29, 1.82) is 0 Å². The van der Waals surface area contributed by atoms with E-state index in [1.165, 1.54) is 6.92 Å². The third kappa shape index (κ3) is 2.89. The van der Waals surface area contributed by atoms with Gasteiger partial charge in [0.1, 0.15) is 4.88 Å². The standard InChI is InChI=1S/C12H11N3O3S/c1-6(16)14-12-15-9(10(19-12)11(17)18)7-2-4-8(13)5-3-7/h2-5H,13H2,1H3,(H,17,18)(H,14,15,16). The first-order valence-corrected chi connectivity index (χ1v) is 6.16. The summed E-state index contributed by atoms with van der Waals surface area (Å²) >= 11 is 0.921. The van der Waals surface area contributed by atoms with Gasteiger partial charge in [-0.25, -0.2) is 9.78 Å². The predicted octanol–water partition coefficient (Wildman–Crippen LogP) is 2.05. The molecular formula is C12H11N3O3S. The number of carbonyl (C=O) groups is 2. The van der Waals surface area contributed by atoms with Crippen LogP contribution in [0.4, 0.5) is 10.8 Å². The quantitative estimate of drug-likeness (QED) is 0.744. The minimum absolute atomic E-state index is 0.0773. The highest BCUT2D eigenvalue weighted by Crippen LogP contribution is 2.31. The summed E-state index contributed by atoms with van der Waals surface area (Å²) in [5.74, 6) is -1.38. The molecule has 1 aromatic carbocycles. The van der Waals surface area contributed by atoms with Crippen molar-refractivity contribution in [3.63, 3.8) is 0 Å². The van der Waals surface area contributed by atoms with Crippen LogP contribution < -0.4 is 11.1 Å². The Morgan fingerprint density at radius 2 is 1.95 bits per heavy atom. The summed E-state index contributed by atoms with van der Waals surface area (Å²) in [6.45, 7) is 1.34. The average molecular weight is 277 g/mol. The molecule has 1 amide bonds. The molecule has 0 aliphatic rings. The number of nitrogens with one attached hydrogen (secondary N) is 1. The number of carboxylic acid groups (broad SMARTS) is 1. The number of carbonyl (C=O) groups excluding carboxylic acids is 1. The predicted molar refractivity (Wildman–Crippen MR) is 73.2 cm³/mol. The number of benzene rings is 1. The summed E-state index contributed by atoms with van der Waals surface area (Å²) < 4.78 is 0. The molecule has 0 unspecified atom stereocenters. The summed E-state index contributed by atoms with van der Waals surface area (Å²) in [4.78, 5) is 26.4. The molecule has 6 nitrogen and oxygen atoms in total. The number of aromatic nitrogens is 1. The van der Waals surface area contributed by atoms with Crippen LogP contribution in [0.2, 0.25) is 0 Å². The molecule has 0 aliphatic carbocycles. The van der Waals surface area contributed by atoms with Crippen molar-refractivity contribution in [3.8, 4) is 11.3 Å². The maximum absolute atomic E-state index is 11.2. The van der Waals surface area contributed by atoms with Gasteiger partial charge in [0.05, 0.1) is 5.69 Å². The fourth-order valence-corrected chi connectivity index (χ4v) is 2.38. The number of hydrogen-bond acceptors (Lipinski definition) is 5. The second-order valence-corrected chi connectivity index (χ2v) is 4.80. The molecule has 0 saturated carbocycles. The first-order valence-electron chi connectivity index (χ1n) is 5.35. The molecule has 0 saturated heterocycles. The molecule has 0 atom stereocenters. The summed E-state index contributed by atoms with van der Waals surface area (Å²) in [6.07, 6.45) is 0. The van der Waals surface area contributed by atoms with Crippen molar-refractivity contribution in [1.82, 2.24) is 4.98 Å². The number of nitrogen functional groups attached to an aromatic ring is 1. The molecule has 0 aliphatic heterocycles. The topological polar surface area (TPSA) is 105 Å². The number of aromatic carboxylic acids is 1. The fourth-order valence-electron chi connectivity index (χ4n) is 1.51. The molecule has 7 heteroatoms. The smallest absolute Gasteiger partial charge is 0.348 e. The zero-order valence-electron chi connectivity index (χ0n) is 10.0. The van der Waals surface area contributed by atoms with Gasteiger partial charge in [-0.3, -0.25) is 4.79 Å². The van der Waals surface area contributed by atoms with E-state index in [2.05, 4.69) is 10.3 Å². The number of nitrogens with two attached hydrogens (primary N) is 1. The van der Waals surface area contributed by atoms with Gasteiger partial charge in [0, 0.05) is 18.2 Å². The lowest BCUT2D eigenvalue weighted by Gasteiger charge is -1.99. The molecule has 98 valence electrons. The Kier molecular flexibility index (Phi) is 3.48. The van der Waals surface area contributed by atoms with E-state index in [4.69, 9.17) is 10.8 Å². The fraction of sp³-hybridized carbons (Fsp3) is 0.0833. The Balaban J connectivity index is 2.48. The molecule has 2 rings (SSSR count). The second-order valence-electron chi connectivity index (χ2n) is 3.81. The van der Waals surface area contributed by atoms with Crippen molar-refractivity contribution in [2.24, 2.45) is 0 Å². The van der Waals surface area contributed by atoms with Crippen molar-refractivity contribution in [3.05, 3.63) is 29.1 Å². The van der Waals surface area contributed by atoms with Crippen molar-refractivity contribution in [2.75, 3.05) is 11.1 Å². The van der Waals surface area contributed by atoms with E-state index in [-0.39, 0.29) is 15.9 Å². The van der Waals surface area contributed by atoms with Gasteiger partial charge >= 0.3 is 5.97 Å². The molecular weight excluding hydrogens is 266 g/mol. The van der Waals surface area contributed by atoms with Crippen LogP contribution in [-0.4, -0.2) is 22.0 Å². The van der Waals surface area contributed by atoms with E-state index in [1.54, 1.807) is 24.3 Å². The van der Waals surface area contributed by atoms with Crippen molar-refractivity contribution < 1.29 is 14.7 Å². The Morgan fingerprint density at radius 3 is 2.47 bits per heavy atom. The molecule has 19 heavy (non-hydrogen) atoms. The molecule has 0 radical (unpaired) electrons. The summed E-state index contributed by atoms with van der Waals surface area (Å²) in [5.41, 5.74) is 7.12. The van der Waals surface area contributed by atoms with E-state index < -0.39 is 5.97 Å². The van der Waals surface area contributed by atoms with E-state index in [0.29, 0.717) is 16.9 Å². The van der Waals surface area contributed by atoms with Gasteiger partial charge in [-0.2, -0.15) is 0 Å². The highest BCUT2D eigenvalue weighted by Gasteiger charge is 2.19. The highest BCUT2D eigenvalue weighted by atomic mass is 32.1. The monoisotopic (exact) mass is 277 g/mol. The van der Waals surface area contributed by atoms with Gasteiger partial charge in [-0.05, 0) is 12.1 Å². The van der Waals surface area contributed by atoms with Gasteiger partial charge in [-0.1, -0.05) is 23.5 Å². The lowest BCUT2D eigenvalue weighted by atomic mass is 10.1. The summed E-state index contributed by atoms with van der Waals surface area (Å²) in [6, 6.07) is 6.71. The molecule has 0 spiro atoms. The number of rotatable bonds is 3. The number of amides is 1. The number of carboxylic acids is 1. The maximum atomic E-state index is 11.2. The van der Waals surface area contributed by atoms with Crippen LogP contribution in [0.3, 0.4) is 0 Å². The third-order valence-corrected chi connectivity index (χ3v) is 3.25. The average Bonchev–Trinajstić information content (AvgIpc) is 2.73. The van der Waals surface area contributed by atoms with Crippen LogP contribution in [0.5, 0.6) is 0 Å². The van der Waals surface area contributed by atoms with Crippen molar-refractivity contribution in [2.45, 2.75) is 6.92 Å². The van der Waals surface area contributed by atoms with Crippen molar-refractivity contribution >= 4 is 34.0 Å². The molecule has 1 heterocycles. The van der Waals surface area contributed by atoms with Crippen LogP contribution in [0, 0.1) is 0 Å². The lowest BCUT2D eigenvalue weighted by Crippen LogP contribution is -2.04. The third-order valence-electron chi connectivity index (χ3n) is 2.29. The highest BCUT2D eigenvalue weighted by molar-refractivity contribution is 7.18. The van der Waals surface area contributed by atoms with E-state index in [9.17, 15) is 9.59 Å². The number of nitrogens with zero attached hydrogens (tertiary/aromatic N) is 1. The normalized spacial score (nSPS) is 10.2. The molecule has 2 aromatic rings. The van der Waals surface area contributed by atoms with Gasteiger partial charge in [0.15, 0.2) is 5.13 Å². The summed E-state index contributed by atoms with van der Waals surface area (Å²) in [5, 5.41) is 11.9. The number of hydrogen-bond donors (Lipinski definition) is 3. The van der Waals surface area contributed by atoms with Gasteiger partial charge < -0.3 is 16.2 Å². The number of thiazole rings is 1. The number of anilines is 2. The van der Waals surface area contributed by atoms with Gasteiger partial charge in [-0.15, -0.1) is 0 Å². The first kappa shape index (κ1) is 13.0. The van der Waals surface area contributed by atoms with Crippen LogP contribution in [0.15, 0.2) is 24.3 Å². The molecule has 4 N–H and O–H groups in total. The minimum Gasteiger partial charge on any atom is -0.477 e. The molecule has 0 bridgehead atoms. The van der Waals surface area contributed by atoms with E-state index in [1.807, 2.05) is 0 Å². The van der Waals surface area contributed by atoms with E-state index in [0.717, 1.165) is 11.3 Å². The molecule has 1 aromatic heterocycles. The van der Waals surface area contributed by atoms with Gasteiger partial charge in [0.2, 0.25) is 5.91 Å². The molecule has 0 fully saturated rings. The zero-order valence-corrected chi connectivity index (χ0v) is 10.8. The second kappa shape index (κ2) is 5.07. The van der Waals surface area contributed by atoms with Gasteiger partial charge in [0.25, 0.3) is 0 Å². The SMILES string of the molecule is CC(=O)Nc1nc(-c2ccc(N)cc2)c(C(=O)O)s1. The Hall–Kier alpha value is -2.41. The minimum atomic E-state index is -1.08. The first-order chi connectivity index (χ1) is 8.97.